The molecule has 0 saturated carbocycles. The number of aromatic nitrogens is 2. The summed E-state index contributed by atoms with van der Waals surface area (Å²) in [6.45, 7) is 1.14. The fourth-order valence-electron chi connectivity index (χ4n) is 2.11. The second kappa shape index (κ2) is 6.33. The number of aryl methyl sites for hydroxylation is 1. The zero-order valence-corrected chi connectivity index (χ0v) is 13.5. The van der Waals surface area contributed by atoms with Crippen LogP contribution in [0.4, 0.5) is 0 Å². The standard InChI is InChI=1S/C10H15N2O6PS2/c1-5-3-12(10(15)11-9(5)14)8-2-6(7(4-13)17-8)18-19(16,20)21/h3,6-8,13H,2,4H2,1H3,(H,11,14,15)(H2,16,20,21)/p-2. The summed E-state index contributed by atoms with van der Waals surface area (Å²) in [5, 5.41) is 9.26. The van der Waals surface area contributed by atoms with Crippen LogP contribution in [0.3, 0.4) is 0 Å². The van der Waals surface area contributed by atoms with Crippen LogP contribution in [0.15, 0.2) is 15.8 Å². The lowest BCUT2D eigenvalue weighted by molar-refractivity contribution is -0.180. The maximum absolute atomic E-state index is 11.8. The first-order valence-corrected chi connectivity index (χ1v) is 9.65. The van der Waals surface area contributed by atoms with Gasteiger partial charge in [0.2, 0.25) is 0 Å². The smallest absolute Gasteiger partial charge is 0.330 e. The largest absolute Gasteiger partial charge is 0.819 e. The third-order valence-electron chi connectivity index (χ3n) is 3.08. The summed E-state index contributed by atoms with van der Waals surface area (Å²) in [6.07, 6.45) is -0.864. The molecular weight excluding hydrogens is 339 g/mol. The fraction of sp³-hybridized carbons (Fsp3) is 0.600. The Morgan fingerprint density at radius 3 is 2.95 bits per heavy atom. The van der Waals surface area contributed by atoms with Crippen LogP contribution < -0.4 is 16.1 Å². The van der Waals surface area contributed by atoms with Gasteiger partial charge in [-0.2, -0.15) is 0 Å². The van der Waals surface area contributed by atoms with Crippen molar-refractivity contribution in [1.82, 2.24) is 9.55 Å². The molecule has 11 heteroatoms. The molecule has 1 saturated heterocycles. The lowest BCUT2D eigenvalue weighted by Crippen LogP contribution is -2.33. The monoisotopic (exact) mass is 352 g/mol. The average Bonchev–Trinajstić information content (AvgIpc) is 2.74. The van der Waals surface area contributed by atoms with Gasteiger partial charge < -0.3 is 31.5 Å². The van der Waals surface area contributed by atoms with Gasteiger partial charge in [-0.05, 0) is 6.92 Å². The second-order valence-corrected chi connectivity index (χ2v) is 9.30. The first kappa shape index (κ1) is 16.9. The molecule has 2 heterocycles. The molecule has 1 aromatic heterocycles. The Bertz CT molecular complexity index is 683. The lowest BCUT2D eigenvalue weighted by atomic mass is 10.2. The summed E-state index contributed by atoms with van der Waals surface area (Å²) in [5.41, 5.74) is -4.38. The number of rotatable bonds is 4. The van der Waals surface area contributed by atoms with Crippen molar-refractivity contribution in [3.8, 4) is 0 Å². The molecule has 8 nitrogen and oxygen atoms in total. The van der Waals surface area contributed by atoms with Crippen molar-refractivity contribution in [1.29, 1.82) is 0 Å². The van der Waals surface area contributed by atoms with Crippen molar-refractivity contribution >= 4 is 29.7 Å². The third kappa shape index (κ3) is 4.04. The van der Waals surface area contributed by atoms with Crippen molar-refractivity contribution in [2.75, 3.05) is 6.61 Å². The van der Waals surface area contributed by atoms with E-state index < -0.39 is 42.0 Å². The molecule has 0 aromatic carbocycles. The molecule has 1 aromatic rings. The molecule has 1 aliphatic rings. The topological polar surface area (TPSA) is 117 Å². The number of ether oxygens (including phenoxy) is 1. The molecule has 2 rings (SSSR count). The Morgan fingerprint density at radius 2 is 2.38 bits per heavy atom. The van der Waals surface area contributed by atoms with E-state index >= 15 is 0 Å². The van der Waals surface area contributed by atoms with Crippen LogP contribution in [0.25, 0.3) is 0 Å². The first-order chi connectivity index (χ1) is 9.71. The van der Waals surface area contributed by atoms with Gasteiger partial charge in [-0.3, -0.25) is 14.3 Å². The van der Waals surface area contributed by atoms with Crippen LogP contribution in [0, 0.1) is 6.92 Å². The summed E-state index contributed by atoms with van der Waals surface area (Å²) < 4.78 is 11.7. The van der Waals surface area contributed by atoms with Gasteiger partial charge in [0.05, 0.1) is 12.7 Å². The minimum absolute atomic E-state index is 0.133. The minimum Gasteiger partial charge on any atom is -0.819 e. The number of aliphatic hydroxyl groups excluding tert-OH is 1. The molecule has 4 atom stereocenters. The highest BCUT2D eigenvalue weighted by molar-refractivity contribution is 8.50. The minimum atomic E-state index is -3.58. The Balaban J connectivity index is 2.27. The Labute approximate surface area is 130 Å². The summed E-state index contributed by atoms with van der Waals surface area (Å²) in [4.78, 5) is 36.7. The van der Waals surface area contributed by atoms with Crippen molar-refractivity contribution < 1.29 is 19.3 Å². The third-order valence-corrected chi connectivity index (χ3v) is 4.13. The summed E-state index contributed by atoms with van der Waals surface area (Å²) in [5.74, 6) is 0. The van der Waals surface area contributed by atoms with E-state index in [9.17, 15) is 19.6 Å². The van der Waals surface area contributed by atoms with Gasteiger partial charge in [0, 0.05) is 18.2 Å². The predicted molar refractivity (Wildman–Crippen MR) is 78.2 cm³/mol. The quantitative estimate of drug-likeness (QED) is 0.504. The van der Waals surface area contributed by atoms with Gasteiger partial charge in [0.1, 0.15) is 12.3 Å². The van der Waals surface area contributed by atoms with Crippen LogP contribution in [0.1, 0.15) is 18.2 Å². The fourth-order valence-corrected chi connectivity index (χ4v) is 3.33. The number of H-pyrrole nitrogens is 1. The average molecular weight is 352 g/mol. The van der Waals surface area contributed by atoms with E-state index in [1.807, 2.05) is 0 Å². The molecule has 0 bridgehead atoms. The highest BCUT2D eigenvalue weighted by Gasteiger charge is 2.37. The van der Waals surface area contributed by atoms with Crippen LogP contribution in [0.5, 0.6) is 0 Å². The van der Waals surface area contributed by atoms with Gasteiger partial charge in [-0.15, -0.1) is 17.5 Å². The number of hydrogen-bond acceptors (Lipinski definition) is 8. The van der Waals surface area contributed by atoms with Crippen molar-refractivity contribution in [2.24, 2.45) is 0 Å². The van der Waals surface area contributed by atoms with E-state index in [4.69, 9.17) is 9.26 Å². The van der Waals surface area contributed by atoms with E-state index in [1.54, 1.807) is 6.92 Å². The Morgan fingerprint density at radius 1 is 1.71 bits per heavy atom. The molecule has 4 unspecified atom stereocenters. The van der Waals surface area contributed by atoms with Crippen molar-refractivity contribution in [3.05, 3.63) is 32.6 Å². The lowest BCUT2D eigenvalue weighted by Gasteiger charge is -2.38. The maximum atomic E-state index is 11.8. The van der Waals surface area contributed by atoms with Crippen LogP contribution >= 0.6 is 5.69 Å². The molecule has 21 heavy (non-hydrogen) atoms. The Hall–Kier alpha value is -0.480. The van der Waals surface area contributed by atoms with Gasteiger partial charge >= 0.3 is 5.69 Å². The van der Waals surface area contributed by atoms with E-state index in [0.717, 1.165) is 0 Å². The number of nitrogens with zero attached hydrogens (tertiary/aromatic N) is 1. The number of hydrogen-bond donors (Lipinski definition) is 2. The van der Waals surface area contributed by atoms with E-state index in [-0.39, 0.29) is 6.42 Å². The zero-order chi connectivity index (χ0) is 15.8. The number of aromatic amines is 1. The highest BCUT2D eigenvalue weighted by Crippen LogP contribution is 2.41. The molecule has 1 aliphatic heterocycles. The maximum Gasteiger partial charge on any atom is 0.330 e. The normalized spacial score (nSPS) is 28.5. The van der Waals surface area contributed by atoms with Crippen LogP contribution in [-0.2, 0) is 33.3 Å². The Kier molecular flexibility index (Phi) is 5.09. The predicted octanol–water partition coefficient (Wildman–Crippen LogP) is -1.36. The molecule has 0 aliphatic carbocycles. The second-order valence-electron chi connectivity index (χ2n) is 4.62. The van der Waals surface area contributed by atoms with Gasteiger partial charge in [-0.1, -0.05) is 0 Å². The van der Waals surface area contributed by atoms with E-state index in [1.165, 1.54) is 10.8 Å². The first-order valence-electron chi connectivity index (χ1n) is 6.00. The molecular formula is C10H13N2O6PS2-2. The number of nitrogens with one attached hydrogen (secondary N) is 1. The molecule has 1 fully saturated rings. The van der Waals surface area contributed by atoms with Crippen molar-refractivity contribution in [2.45, 2.75) is 31.8 Å². The summed E-state index contributed by atoms with van der Waals surface area (Å²) in [6, 6.07) is 0. The molecule has 118 valence electrons. The molecule has 2 N–H and O–H groups in total. The SMILES string of the molecule is Cc1cn(C2CC(OP([O-])(=S)[S-])C(CO)O2)c(=O)[nH]c1=O. The van der Waals surface area contributed by atoms with Gasteiger partial charge in [0.15, 0.2) is 0 Å². The molecule has 0 amide bonds. The zero-order valence-electron chi connectivity index (χ0n) is 10.9. The van der Waals surface area contributed by atoms with E-state index in [2.05, 4.69) is 29.0 Å². The van der Waals surface area contributed by atoms with Crippen molar-refractivity contribution in [3.63, 3.8) is 0 Å². The van der Waals surface area contributed by atoms with E-state index in [0.29, 0.717) is 5.56 Å². The van der Waals surface area contributed by atoms with Crippen LogP contribution in [0.2, 0.25) is 0 Å². The van der Waals surface area contributed by atoms with Crippen LogP contribution in [-0.4, -0.2) is 33.5 Å². The molecule has 0 spiro atoms. The molecule has 0 radical (unpaired) electrons. The summed E-state index contributed by atoms with van der Waals surface area (Å²) in [7, 11) is 0. The highest BCUT2D eigenvalue weighted by atomic mass is 32.9. The number of aliphatic hydroxyl groups is 1. The summed E-state index contributed by atoms with van der Waals surface area (Å²) >= 11 is 9.07. The van der Waals surface area contributed by atoms with Gasteiger partial charge in [0.25, 0.3) is 5.56 Å². The van der Waals surface area contributed by atoms with Gasteiger partial charge in [-0.25, -0.2) is 4.79 Å².